The molecule has 1 heterocycles. The van der Waals surface area contributed by atoms with Gasteiger partial charge in [0.15, 0.2) is 0 Å². The second-order valence-electron chi connectivity index (χ2n) is 5.69. The number of amides is 2. The van der Waals surface area contributed by atoms with Crippen LogP contribution < -0.4 is 10.6 Å². The molecule has 1 aromatic heterocycles. The van der Waals surface area contributed by atoms with Crippen LogP contribution >= 0.6 is 0 Å². The van der Waals surface area contributed by atoms with Crippen molar-refractivity contribution in [3.63, 3.8) is 0 Å². The van der Waals surface area contributed by atoms with Gasteiger partial charge in [0.2, 0.25) is 0 Å². The first-order valence-corrected chi connectivity index (χ1v) is 7.65. The van der Waals surface area contributed by atoms with Crippen LogP contribution in [0.1, 0.15) is 19.3 Å². The highest BCUT2D eigenvalue weighted by Crippen LogP contribution is 2.25. The molecule has 2 aromatic rings. The fourth-order valence-electron chi connectivity index (χ4n) is 2.99. The number of aliphatic hydroxyl groups excluding tert-OH is 1. The Morgan fingerprint density at radius 3 is 3.04 bits per heavy atom. The van der Waals surface area contributed by atoms with Gasteiger partial charge >= 0.3 is 6.03 Å². The molecule has 3 rings (SSSR count). The minimum atomic E-state index is -0.440. The molecule has 23 heavy (non-hydrogen) atoms. The summed E-state index contributed by atoms with van der Waals surface area (Å²) in [6.07, 6.45) is 6.05. The molecule has 0 spiro atoms. The van der Waals surface area contributed by atoms with Crippen LogP contribution in [-0.4, -0.2) is 33.6 Å². The average molecular weight is 318 g/mol. The highest BCUT2D eigenvalue weighted by Gasteiger charge is 2.28. The molecule has 0 aliphatic heterocycles. The van der Waals surface area contributed by atoms with E-state index in [1.807, 2.05) is 0 Å². The third-order valence-corrected chi connectivity index (χ3v) is 4.17. The quantitative estimate of drug-likeness (QED) is 0.809. The Morgan fingerprint density at radius 1 is 1.43 bits per heavy atom. The van der Waals surface area contributed by atoms with E-state index in [2.05, 4.69) is 15.7 Å². The summed E-state index contributed by atoms with van der Waals surface area (Å²) in [6, 6.07) is 5.42. The lowest BCUT2D eigenvalue weighted by Gasteiger charge is -2.20. The maximum atomic E-state index is 13.5. The second-order valence-corrected chi connectivity index (χ2v) is 5.69. The van der Waals surface area contributed by atoms with Crippen molar-refractivity contribution < 1.29 is 14.3 Å². The Hall–Kier alpha value is -2.41. The molecule has 1 saturated carbocycles. The van der Waals surface area contributed by atoms with Gasteiger partial charge < -0.3 is 15.7 Å². The molecule has 2 amide bonds. The Labute approximate surface area is 133 Å². The van der Waals surface area contributed by atoms with Crippen molar-refractivity contribution in [2.24, 2.45) is 5.92 Å². The third-order valence-electron chi connectivity index (χ3n) is 4.17. The number of carbonyl (C=O) groups is 1. The minimum absolute atomic E-state index is 0.0540. The Bertz CT molecular complexity index is 675. The number of nitrogens with one attached hydrogen (secondary N) is 2. The number of halogens is 1. The van der Waals surface area contributed by atoms with Gasteiger partial charge in [0.25, 0.3) is 0 Å². The van der Waals surface area contributed by atoms with Crippen LogP contribution in [0, 0.1) is 11.7 Å². The summed E-state index contributed by atoms with van der Waals surface area (Å²) in [5.41, 5.74) is 0.918. The van der Waals surface area contributed by atoms with Crippen molar-refractivity contribution >= 4 is 11.7 Å². The van der Waals surface area contributed by atoms with Gasteiger partial charge in [0, 0.05) is 31.0 Å². The zero-order valence-electron chi connectivity index (χ0n) is 12.6. The number of hydrogen-bond acceptors (Lipinski definition) is 3. The molecule has 0 bridgehead atoms. The smallest absolute Gasteiger partial charge is 0.319 e. The van der Waals surface area contributed by atoms with Gasteiger partial charge in [0.05, 0.1) is 11.4 Å². The number of nitrogens with zero attached hydrogens (tertiary/aromatic N) is 2. The van der Waals surface area contributed by atoms with Gasteiger partial charge in [-0.15, -0.1) is 0 Å². The first-order chi connectivity index (χ1) is 11.2. The molecule has 1 aliphatic rings. The lowest BCUT2D eigenvalue weighted by molar-refractivity contribution is 0.203. The lowest BCUT2D eigenvalue weighted by Crippen LogP contribution is -2.41. The predicted molar refractivity (Wildman–Crippen MR) is 83.9 cm³/mol. The summed E-state index contributed by atoms with van der Waals surface area (Å²) < 4.78 is 15.1. The Kier molecular flexibility index (Phi) is 4.57. The summed E-state index contributed by atoms with van der Waals surface area (Å²) in [7, 11) is 0. The van der Waals surface area contributed by atoms with E-state index >= 15 is 0 Å². The summed E-state index contributed by atoms with van der Waals surface area (Å²) in [5, 5.41) is 19.0. The van der Waals surface area contributed by atoms with E-state index in [1.165, 1.54) is 12.1 Å². The molecule has 1 fully saturated rings. The van der Waals surface area contributed by atoms with Crippen molar-refractivity contribution in [2.45, 2.75) is 25.3 Å². The van der Waals surface area contributed by atoms with E-state index in [4.69, 9.17) is 0 Å². The van der Waals surface area contributed by atoms with Gasteiger partial charge in [0.1, 0.15) is 5.82 Å². The van der Waals surface area contributed by atoms with Crippen molar-refractivity contribution in [3.05, 3.63) is 42.5 Å². The van der Waals surface area contributed by atoms with E-state index in [9.17, 15) is 14.3 Å². The zero-order valence-corrected chi connectivity index (χ0v) is 12.6. The molecule has 7 heteroatoms. The molecular formula is C16H19FN4O2. The summed E-state index contributed by atoms with van der Waals surface area (Å²) in [5.74, 6) is -0.357. The van der Waals surface area contributed by atoms with Crippen LogP contribution in [0.2, 0.25) is 0 Å². The second kappa shape index (κ2) is 6.78. The van der Waals surface area contributed by atoms with Gasteiger partial charge in [-0.25, -0.2) is 13.9 Å². The molecule has 6 nitrogen and oxygen atoms in total. The molecule has 1 aromatic carbocycles. The molecule has 0 saturated heterocycles. The van der Waals surface area contributed by atoms with Crippen LogP contribution in [0.3, 0.4) is 0 Å². The molecule has 122 valence electrons. The number of benzene rings is 1. The van der Waals surface area contributed by atoms with Crippen molar-refractivity contribution in [2.75, 3.05) is 11.9 Å². The van der Waals surface area contributed by atoms with Crippen molar-refractivity contribution in [3.8, 4) is 5.69 Å². The van der Waals surface area contributed by atoms with Crippen molar-refractivity contribution in [1.29, 1.82) is 0 Å². The van der Waals surface area contributed by atoms with Crippen LogP contribution in [0.5, 0.6) is 0 Å². The third kappa shape index (κ3) is 3.50. The number of urea groups is 1. The summed E-state index contributed by atoms with van der Waals surface area (Å²) in [4.78, 5) is 12.2. The largest absolute Gasteiger partial charge is 0.396 e. The number of aromatic nitrogens is 2. The number of aliphatic hydroxyl groups is 1. The van der Waals surface area contributed by atoms with Crippen LogP contribution in [-0.2, 0) is 0 Å². The van der Waals surface area contributed by atoms with Crippen LogP contribution in [0.4, 0.5) is 14.9 Å². The van der Waals surface area contributed by atoms with Crippen LogP contribution in [0.15, 0.2) is 36.7 Å². The molecule has 0 unspecified atom stereocenters. The predicted octanol–water partition coefficient (Wildman–Crippen LogP) is 2.29. The van der Waals surface area contributed by atoms with Crippen LogP contribution in [0.25, 0.3) is 5.69 Å². The summed E-state index contributed by atoms with van der Waals surface area (Å²) >= 11 is 0. The van der Waals surface area contributed by atoms with E-state index in [1.54, 1.807) is 29.2 Å². The fraction of sp³-hybridized carbons (Fsp3) is 0.375. The molecule has 1 aliphatic carbocycles. The maximum Gasteiger partial charge on any atom is 0.319 e. The van der Waals surface area contributed by atoms with E-state index in [0.717, 1.165) is 19.3 Å². The highest BCUT2D eigenvalue weighted by molar-refractivity contribution is 5.91. The first-order valence-electron chi connectivity index (χ1n) is 7.65. The Morgan fingerprint density at radius 2 is 2.30 bits per heavy atom. The van der Waals surface area contributed by atoms with Crippen molar-refractivity contribution in [1.82, 2.24) is 15.1 Å². The lowest BCUT2D eigenvalue weighted by atomic mass is 10.1. The van der Waals surface area contributed by atoms with Gasteiger partial charge in [-0.05, 0) is 37.1 Å². The normalized spacial score (nSPS) is 20.4. The highest BCUT2D eigenvalue weighted by atomic mass is 19.1. The molecular weight excluding hydrogens is 299 g/mol. The average Bonchev–Trinajstić information content (AvgIpc) is 3.18. The first kappa shape index (κ1) is 15.5. The SMILES string of the molecule is O=C(Nc1cc(F)ccc1-n1cccn1)N[C@@H]1CCC[C@H]1CO. The fourth-order valence-corrected chi connectivity index (χ4v) is 2.99. The number of rotatable bonds is 4. The monoisotopic (exact) mass is 318 g/mol. The number of hydrogen-bond donors (Lipinski definition) is 3. The van der Waals surface area contributed by atoms with E-state index in [-0.39, 0.29) is 18.6 Å². The Balaban J connectivity index is 1.74. The minimum Gasteiger partial charge on any atom is -0.396 e. The standard InChI is InChI=1S/C16H19FN4O2/c17-12-5-6-15(21-8-2-7-18-21)14(9-12)20-16(23)19-13-4-1-3-11(13)10-22/h2,5-9,11,13,22H,1,3-4,10H2,(H2,19,20,23)/t11-,13+/m0/s1. The maximum absolute atomic E-state index is 13.5. The zero-order chi connectivity index (χ0) is 16.2. The van der Waals surface area contributed by atoms with E-state index in [0.29, 0.717) is 11.4 Å². The van der Waals surface area contributed by atoms with Gasteiger partial charge in [-0.3, -0.25) is 0 Å². The molecule has 0 radical (unpaired) electrons. The van der Waals surface area contributed by atoms with E-state index < -0.39 is 11.8 Å². The van der Waals surface area contributed by atoms with Gasteiger partial charge in [-0.2, -0.15) is 5.10 Å². The molecule has 2 atom stereocenters. The number of anilines is 1. The summed E-state index contributed by atoms with van der Waals surface area (Å²) in [6.45, 7) is 0.0590. The molecule has 3 N–H and O–H groups in total. The van der Waals surface area contributed by atoms with Gasteiger partial charge in [-0.1, -0.05) is 6.42 Å². The number of carbonyl (C=O) groups excluding carboxylic acids is 1. The topological polar surface area (TPSA) is 79.2 Å².